The summed E-state index contributed by atoms with van der Waals surface area (Å²) in [5.74, 6) is -1.35. The van der Waals surface area contributed by atoms with E-state index in [1.165, 1.54) is 0 Å². The van der Waals surface area contributed by atoms with E-state index in [0.717, 1.165) is 25.7 Å². The van der Waals surface area contributed by atoms with E-state index < -0.39 is 34.2 Å². The standard InChI is InChI=1S/C25H43N3O4S/c1-9-14(2)15(12-29)28-19(21(31)27-24(6,7)13-23(3,4)5)25-11-10-16(33-25)17(20(30)26-8)18(25)22(28)32/h14-19,29H,9-13H2,1-8H3,(H,26,30)(H,27,31)/t14-,15-,16+,17-,18-,19?,25?/m0/s1. The lowest BCUT2D eigenvalue weighted by molar-refractivity contribution is -0.144. The van der Waals surface area contributed by atoms with Crippen LogP contribution in [0.3, 0.4) is 0 Å². The zero-order valence-electron chi connectivity index (χ0n) is 21.5. The van der Waals surface area contributed by atoms with Crippen LogP contribution in [0.15, 0.2) is 0 Å². The van der Waals surface area contributed by atoms with Gasteiger partial charge in [-0.25, -0.2) is 0 Å². The Morgan fingerprint density at radius 2 is 1.88 bits per heavy atom. The minimum Gasteiger partial charge on any atom is -0.394 e. The first kappa shape index (κ1) is 26.3. The summed E-state index contributed by atoms with van der Waals surface area (Å²) < 4.78 is -0.623. The van der Waals surface area contributed by atoms with E-state index in [2.05, 4.69) is 31.4 Å². The summed E-state index contributed by atoms with van der Waals surface area (Å²) >= 11 is 1.67. The third-order valence-electron chi connectivity index (χ3n) is 7.81. The van der Waals surface area contributed by atoms with Gasteiger partial charge in [0.2, 0.25) is 17.7 Å². The number of nitrogens with zero attached hydrogens (tertiary/aromatic N) is 1. The van der Waals surface area contributed by atoms with Crippen LogP contribution in [0.4, 0.5) is 0 Å². The summed E-state index contributed by atoms with van der Waals surface area (Å²) in [6, 6.07) is -1.14. The molecule has 33 heavy (non-hydrogen) atoms. The van der Waals surface area contributed by atoms with Gasteiger partial charge in [-0.1, -0.05) is 41.0 Å². The Labute approximate surface area is 203 Å². The molecule has 3 heterocycles. The van der Waals surface area contributed by atoms with Crippen LogP contribution in [0, 0.1) is 23.2 Å². The van der Waals surface area contributed by atoms with Crippen molar-refractivity contribution in [1.82, 2.24) is 15.5 Å². The SMILES string of the molecule is CC[C@H](C)[C@H](CO)N1C(=O)[C@@H]2[C@@H](C(=O)NC)[C@H]3CCC2(S3)C1C(=O)NC(C)(C)CC(C)(C)C. The van der Waals surface area contributed by atoms with Crippen molar-refractivity contribution in [3.05, 3.63) is 0 Å². The molecule has 7 nitrogen and oxygen atoms in total. The number of hydrogen-bond donors (Lipinski definition) is 3. The summed E-state index contributed by atoms with van der Waals surface area (Å²) in [6.07, 6.45) is 3.13. The van der Waals surface area contributed by atoms with Crippen molar-refractivity contribution in [2.45, 2.75) is 102 Å². The molecule has 0 aromatic carbocycles. The molecule has 0 aliphatic carbocycles. The van der Waals surface area contributed by atoms with Crippen molar-refractivity contribution < 1.29 is 19.5 Å². The minimum atomic E-state index is -0.690. The Morgan fingerprint density at radius 1 is 1.24 bits per heavy atom. The van der Waals surface area contributed by atoms with Gasteiger partial charge in [-0.15, -0.1) is 11.8 Å². The van der Waals surface area contributed by atoms with E-state index in [0.29, 0.717) is 0 Å². The first-order chi connectivity index (χ1) is 15.2. The largest absolute Gasteiger partial charge is 0.394 e. The molecule has 188 valence electrons. The number of hydrogen-bond acceptors (Lipinski definition) is 5. The quantitative estimate of drug-likeness (QED) is 0.495. The van der Waals surface area contributed by atoms with Gasteiger partial charge >= 0.3 is 0 Å². The van der Waals surface area contributed by atoms with Crippen LogP contribution in [0.1, 0.15) is 74.1 Å². The zero-order chi connectivity index (χ0) is 24.9. The van der Waals surface area contributed by atoms with Gasteiger partial charge in [0.25, 0.3) is 0 Å². The molecule has 2 bridgehead atoms. The Hall–Kier alpha value is -1.28. The fourth-order valence-corrected chi connectivity index (χ4v) is 9.01. The average Bonchev–Trinajstić information content (AvgIpc) is 3.33. The smallest absolute Gasteiger partial charge is 0.244 e. The van der Waals surface area contributed by atoms with Gasteiger partial charge in [-0.3, -0.25) is 14.4 Å². The average molecular weight is 482 g/mol. The molecule has 3 aliphatic heterocycles. The fourth-order valence-electron chi connectivity index (χ4n) is 6.80. The normalized spacial score (nSPS) is 33.1. The lowest BCUT2D eigenvalue weighted by Gasteiger charge is -2.41. The summed E-state index contributed by atoms with van der Waals surface area (Å²) in [5.41, 5.74) is -0.427. The summed E-state index contributed by atoms with van der Waals surface area (Å²) in [4.78, 5) is 42.5. The van der Waals surface area contributed by atoms with E-state index in [1.807, 2.05) is 27.7 Å². The van der Waals surface area contributed by atoms with Crippen LogP contribution in [-0.4, -0.2) is 69.0 Å². The molecule has 1 spiro atoms. The number of aliphatic hydroxyl groups excluding tert-OH is 1. The number of nitrogens with one attached hydrogen (secondary N) is 2. The van der Waals surface area contributed by atoms with Gasteiger partial charge in [0.05, 0.1) is 29.2 Å². The number of amides is 3. The maximum Gasteiger partial charge on any atom is 0.244 e. The summed E-state index contributed by atoms with van der Waals surface area (Å²) in [7, 11) is 1.61. The van der Waals surface area contributed by atoms with Crippen LogP contribution < -0.4 is 10.6 Å². The van der Waals surface area contributed by atoms with Crippen LogP contribution in [-0.2, 0) is 14.4 Å². The summed E-state index contributed by atoms with van der Waals surface area (Å²) in [5, 5.41) is 16.4. The predicted molar refractivity (Wildman–Crippen MR) is 132 cm³/mol. The number of rotatable bonds is 8. The summed E-state index contributed by atoms with van der Waals surface area (Å²) in [6.45, 7) is 14.3. The lowest BCUT2D eigenvalue weighted by Crippen LogP contribution is -2.61. The highest BCUT2D eigenvalue weighted by atomic mass is 32.2. The van der Waals surface area contributed by atoms with Crippen molar-refractivity contribution >= 4 is 29.5 Å². The maximum atomic E-state index is 14.0. The van der Waals surface area contributed by atoms with Gasteiger partial charge in [-0.05, 0) is 44.4 Å². The van der Waals surface area contributed by atoms with Crippen LogP contribution in [0.25, 0.3) is 0 Å². The van der Waals surface area contributed by atoms with Crippen molar-refractivity contribution in [3.8, 4) is 0 Å². The van der Waals surface area contributed by atoms with Crippen molar-refractivity contribution in [3.63, 3.8) is 0 Å². The molecule has 3 saturated heterocycles. The van der Waals surface area contributed by atoms with Crippen molar-refractivity contribution in [1.29, 1.82) is 0 Å². The molecule has 0 radical (unpaired) electrons. The molecule has 0 saturated carbocycles. The highest BCUT2D eigenvalue weighted by Gasteiger charge is 2.74. The number of likely N-dealkylation sites (tertiary alicyclic amines) is 1. The number of carbonyl (C=O) groups excluding carboxylic acids is 3. The number of fused-ring (bicyclic) bond motifs is 1. The van der Waals surface area contributed by atoms with Crippen LogP contribution in [0.5, 0.6) is 0 Å². The second kappa shape index (κ2) is 9.06. The molecular weight excluding hydrogens is 438 g/mol. The minimum absolute atomic E-state index is 0.0258. The van der Waals surface area contributed by atoms with Gasteiger partial charge in [0, 0.05) is 17.8 Å². The van der Waals surface area contributed by atoms with Crippen molar-refractivity contribution in [2.24, 2.45) is 23.2 Å². The maximum absolute atomic E-state index is 14.0. The molecule has 3 amide bonds. The third kappa shape index (κ3) is 4.54. The number of carbonyl (C=O) groups is 3. The van der Waals surface area contributed by atoms with Crippen molar-refractivity contribution in [2.75, 3.05) is 13.7 Å². The Balaban J connectivity index is 2.05. The number of thioether (sulfide) groups is 1. The molecular formula is C25H43N3O4S. The first-order valence-electron chi connectivity index (χ1n) is 12.4. The fraction of sp³-hybridized carbons (Fsp3) is 0.880. The highest BCUT2D eigenvalue weighted by molar-refractivity contribution is 8.02. The molecule has 3 rings (SSSR count). The van der Waals surface area contributed by atoms with Gasteiger partial charge in [0.15, 0.2) is 0 Å². The Kier molecular flexibility index (Phi) is 7.23. The molecule has 3 N–H and O–H groups in total. The zero-order valence-corrected chi connectivity index (χ0v) is 22.3. The van der Waals surface area contributed by atoms with Gasteiger partial charge < -0.3 is 20.6 Å². The Morgan fingerprint density at radius 3 is 2.39 bits per heavy atom. The first-order valence-corrected chi connectivity index (χ1v) is 13.3. The molecule has 0 aromatic rings. The monoisotopic (exact) mass is 481 g/mol. The molecule has 3 aliphatic rings. The van der Waals surface area contributed by atoms with E-state index in [1.54, 1.807) is 23.7 Å². The third-order valence-corrected chi connectivity index (χ3v) is 9.77. The van der Waals surface area contributed by atoms with E-state index in [9.17, 15) is 19.5 Å². The molecule has 2 unspecified atom stereocenters. The van der Waals surface area contributed by atoms with E-state index in [-0.39, 0.29) is 40.9 Å². The highest BCUT2D eigenvalue weighted by Crippen LogP contribution is 2.66. The molecule has 7 atom stereocenters. The van der Waals surface area contributed by atoms with Gasteiger partial charge in [-0.2, -0.15) is 0 Å². The van der Waals surface area contributed by atoms with E-state index >= 15 is 0 Å². The van der Waals surface area contributed by atoms with Crippen LogP contribution in [0.2, 0.25) is 0 Å². The lowest BCUT2D eigenvalue weighted by atomic mass is 9.70. The topological polar surface area (TPSA) is 98.7 Å². The molecule has 3 fully saturated rings. The van der Waals surface area contributed by atoms with E-state index in [4.69, 9.17) is 0 Å². The Bertz CT molecular complexity index is 795. The second-order valence-corrected chi connectivity index (χ2v) is 13.8. The second-order valence-electron chi connectivity index (χ2n) is 12.2. The number of aliphatic hydroxyl groups is 1. The van der Waals surface area contributed by atoms with Gasteiger partial charge in [0.1, 0.15) is 6.04 Å². The predicted octanol–water partition coefficient (Wildman–Crippen LogP) is 2.56. The molecule has 8 heteroatoms. The molecule has 0 aromatic heterocycles. The van der Waals surface area contributed by atoms with Crippen LogP contribution >= 0.6 is 11.8 Å².